The number of anilines is 1. The van der Waals surface area contributed by atoms with Crippen molar-refractivity contribution in [3.8, 4) is 11.6 Å². The first-order valence-electron chi connectivity index (χ1n) is 13.5. The molecule has 0 atom stereocenters. The quantitative estimate of drug-likeness (QED) is 0.273. The summed E-state index contributed by atoms with van der Waals surface area (Å²) in [6.07, 6.45) is -0.785. The molecule has 40 heavy (non-hydrogen) atoms. The van der Waals surface area contributed by atoms with E-state index < -0.39 is 41.2 Å². The van der Waals surface area contributed by atoms with Crippen molar-refractivity contribution in [3.05, 3.63) is 46.9 Å². The number of carbonyl (C=O) groups excluding carboxylic acids is 2. The Kier molecular flexibility index (Phi) is 11.9. The molecule has 1 aliphatic carbocycles. The van der Waals surface area contributed by atoms with Gasteiger partial charge in [-0.3, -0.25) is 4.79 Å². The van der Waals surface area contributed by atoms with Crippen molar-refractivity contribution >= 4 is 17.6 Å². The molecule has 0 unspecified atom stereocenters. The largest absolute Gasteiger partial charge is 0.465 e. The van der Waals surface area contributed by atoms with Crippen LogP contribution in [0, 0.1) is 17.7 Å². The Labute approximate surface area is 232 Å². The van der Waals surface area contributed by atoms with Gasteiger partial charge < -0.3 is 19.5 Å². The Morgan fingerprint density at radius 2 is 1.75 bits per heavy atom. The van der Waals surface area contributed by atoms with Gasteiger partial charge >= 0.3 is 12.1 Å². The number of hydrogen-bond acceptors (Lipinski definition) is 6. The third-order valence-corrected chi connectivity index (χ3v) is 6.65. The van der Waals surface area contributed by atoms with E-state index in [4.69, 9.17) is 14.6 Å². The van der Waals surface area contributed by atoms with Crippen LogP contribution in [0.15, 0.2) is 24.4 Å². The molecule has 1 aliphatic rings. The zero-order valence-electron chi connectivity index (χ0n) is 23.8. The van der Waals surface area contributed by atoms with E-state index in [-0.39, 0.29) is 41.7 Å². The molecule has 3 rings (SSSR count). The summed E-state index contributed by atoms with van der Waals surface area (Å²) in [7, 11) is 1.10. The van der Waals surface area contributed by atoms with Gasteiger partial charge in [0.1, 0.15) is 5.56 Å². The lowest BCUT2D eigenvalue weighted by atomic mass is 9.82. The summed E-state index contributed by atoms with van der Waals surface area (Å²) in [4.78, 5) is 31.2. The van der Waals surface area contributed by atoms with E-state index in [9.17, 15) is 22.8 Å². The summed E-state index contributed by atoms with van der Waals surface area (Å²) >= 11 is 0. The average Bonchev–Trinajstić information content (AvgIpc) is 2.91. The molecular formula is C29H38F4N2O5. The van der Waals surface area contributed by atoms with E-state index in [1.165, 1.54) is 4.90 Å². The molecule has 0 spiro atoms. The molecule has 1 aromatic heterocycles. The van der Waals surface area contributed by atoms with E-state index >= 15 is 4.39 Å². The number of ether oxygens (including phenoxy) is 2. The average molecular weight is 571 g/mol. The molecular weight excluding hydrogens is 532 g/mol. The molecule has 1 saturated carbocycles. The summed E-state index contributed by atoms with van der Waals surface area (Å²) in [5, 5.41) is 9.04. The number of aliphatic hydroxyl groups excluding tert-OH is 1. The van der Waals surface area contributed by atoms with Gasteiger partial charge in [-0.05, 0) is 63.5 Å². The van der Waals surface area contributed by atoms with Crippen molar-refractivity contribution in [1.82, 2.24) is 4.98 Å². The minimum atomic E-state index is -4.88. The zero-order chi connectivity index (χ0) is 30.2. The van der Waals surface area contributed by atoms with Crippen LogP contribution in [0.3, 0.4) is 0 Å². The zero-order valence-corrected chi connectivity index (χ0v) is 23.8. The topological polar surface area (TPSA) is 89.0 Å². The van der Waals surface area contributed by atoms with Crippen molar-refractivity contribution in [2.75, 3.05) is 18.6 Å². The smallest absolute Gasteiger partial charge is 0.421 e. The van der Waals surface area contributed by atoms with Crippen molar-refractivity contribution in [3.63, 3.8) is 0 Å². The summed E-state index contributed by atoms with van der Waals surface area (Å²) in [5.41, 5.74) is -1.44. The minimum absolute atomic E-state index is 0.0531. The Bertz CT molecular complexity index is 1160. The van der Waals surface area contributed by atoms with E-state index in [0.29, 0.717) is 18.8 Å². The number of aromatic nitrogens is 1. The maximum absolute atomic E-state index is 15.3. The minimum Gasteiger partial charge on any atom is -0.465 e. The Morgan fingerprint density at radius 3 is 2.27 bits per heavy atom. The number of aliphatic hydroxyl groups is 1. The molecule has 1 N–H and O–H groups in total. The van der Waals surface area contributed by atoms with Crippen LogP contribution >= 0.6 is 0 Å². The predicted octanol–water partition coefficient (Wildman–Crippen LogP) is 6.95. The van der Waals surface area contributed by atoms with Gasteiger partial charge in [0.05, 0.1) is 18.4 Å². The van der Waals surface area contributed by atoms with Crippen LogP contribution < -0.4 is 9.64 Å². The number of pyridine rings is 1. The van der Waals surface area contributed by atoms with Crippen LogP contribution in [0.2, 0.25) is 0 Å². The highest BCUT2D eigenvalue weighted by Crippen LogP contribution is 2.40. The standard InChI is InChI=1S/C27H32F4N2O5.C2H6/c1-15(2)33(25(35)18-7-5-16(3)6-8-18)22-13-21(28)23(12-19(22)26(36)37-4)38-24-20(27(29,30)31)11-17(9-10-34)14-32-24;1-2/h11-16,18,34H,5-10H2,1-4H3;1-2H3. The fraction of sp³-hybridized carbons (Fsp3) is 0.552. The number of hydrogen-bond donors (Lipinski definition) is 1. The molecule has 1 amide bonds. The molecule has 1 fully saturated rings. The highest BCUT2D eigenvalue weighted by molar-refractivity contribution is 6.04. The van der Waals surface area contributed by atoms with Gasteiger partial charge in [0, 0.05) is 36.9 Å². The molecule has 0 bridgehead atoms. The van der Waals surface area contributed by atoms with Crippen molar-refractivity contribution < 1.29 is 41.7 Å². The fourth-order valence-electron chi connectivity index (χ4n) is 4.60. The highest BCUT2D eigenvalue weighted by Gasteiger charge is 2.37. The van der Waals surface area contributed by atoms with Gasteiger partial charge in [-0.25, -0.2) is 14.2 Å². The lowest BCUT2D eigenvalue weighted by Gasteiger charge is -2.34. The number of alkyl halides is 3. The van der Waals surface area contributed by atoms with E-state index in [2.05, 4.69) is 11.9 Å². The second-order valence-electron chi connectivity index (χ2n) is 9.82. The maximum atomic E-state index is 15.3. The van der Waals surface area contributed by atoms with Gasteiger partial charge in [0.2, 0.25) is 11.8 Å². The number of rotatable bonds is 8. The summed E-state index contributed by atoms with van der Waals surface area (Å²) < 4.78 is 66.5. The second-order valence-corrected chi connectivity index (χ2v) is 9.82. The summed E-state index contributed by atoms with van der Waals surface area (Å²) in [6.45, 7) is 9.17. The second kappa shape index (κ2) is 14.4. The summed E-state index contributed by atoms with van der Waals surface area (Å²) in [5.74, 6) is -3.67. The predicted molar refractivity (Wildman–Crippen MR) is 143 cm³/mol. The van der Waals surface area contributed by atoms with E-state index in [0.717, 1.165) is 44.3 Å². The normalized spacial score (nSPS) is 17.1. The van der Waals surface area contributed by atoms with Crippen LogP contribution in [0.5, 0.6) is 11.6 Å². The van der Waals surface area contributed by atoms with E-state index in [1.54, 1.807) is 13.8 Å². The molecule has 0 radical (unpaired) electrons. The van der Waals surface area contributed by atoms with Crippen LogP contribution in [0.25, 0.3) is 0 Å². The van der Waals surface area contributed by atoms with E-state index in [1.807, 2.05) is 13.8 Å². The van der Waals surface area contributed by atoms with Crippen LogP contribution in [-0.4, -0.2) is 41.7 Å². The Balaban J connectivity index is 0.00000274. The first-order chi connectivity index (χ1) is 18.9. The highest BCUT2D eigenvalue weighted by atomic mass is 19.4. The number of amides is 1. The van der Waals surface area contributed by atoms with Gasteiger partial charge in [0.15, 0.2) is 11.6 Å². The molecule has 11 heteroatoms. The number of halogens is 4. The molecule has 0 saturated heterocycles. The monoisotopic (exact) mass is 570 g/mol. The van der Waals surface area contributed by atoms with Gasteiger partial charge in [-0.2, -0.15) is 13.2 Å². The number of esters is 1. The lowest BCUT2D eigenvalue weighted by Crippen LogP contribution is -2.43. The maximum Gasteiger partial charge on any atom is 0.421 e. The molecule has 7 nitrogen and oxygen atoms in total. The molecule has 1 aromatic carbocycles. The Morgan fingerprint density at radius 1 is 1.12 bits per heavy atom. The van der Waals surface area contributed by atoms with Crippen LogP contribution in [0.1, 0.15) is 81.8 Å². The van der Waals surface area contributed by atoms with Crippen LogP contribution in [-0.2, 0) is 22.1 Å². The van der Waals surface area contributed by atoms with Crippen molar-refractivity contribution in [2.45, 2.75) is 78.9 Å². The first kappa shape index (κ1) is 33.0. The van der Waals surface area contributed by atoms with Gasteiger partial charge in [0.25, 0.3) is 0 Å². The number of nitrogens with zero attached hydrogens (tertiary/aromatic N) is 2. The van der Waals surface area contributed by atoms with Crippen molar-refractivity contribution in [2.24, 2.45) is 11.8 Å². The number of carbonyl (C=O) groups is 2. The molecule has 222 valence electrons. The van der Waals surface area contributed by atoms with Gasteiger partial charge in [-0.1, -0.05) is 20.8 Å². The Hall–Kier alpha value is -3.21. The van der Waals surface area contributed by atoms with Crippen LogP contribution in [0.4, 0.5) is 23.2 Å². The van der Waals surface area contributed by atoms with Gasteiger partial charge in [-0.15, -0.1) is 0 Å². The van der Waals surface area contributed by atoms with Crippen molar-refractivity contribution in [1.29, 1.82) is 0 Å². The molecule has 1 heterocycles. The number of methoxy groups -OCH3 is 1. The summed E-state index contributed by atoms with van der Waals surface area (Å²) in [6, 6.07) is 2.13. The number of benzene rings is 1. The molecule has 0 aliphatic heterocycles. The lowest BCUT2D eigenvalue weighted by molar-refractivity contribution is -0.139. The third-order valence-electron chi connectivity index (χ3n) is 6.65. The first-order valence-corrected chi connectivity index (χ1v) is 13.5. The SMILES string of the molecule is CC.COC(=O)c1cc(Oc2ncc(CCO)cc2C(F)(F)F)c(F)cc1N(C(=O)C1CCC(C)CC1)C(C)C. The fourth-order valence-corrected chi connectivity index (χ4v) is 4.60. The molecule has 2 aromatic rings. The third kappa shape index (κ3) is 7.93.